The predicted molar refractivity (Wildman–Crippen MR) is 117 cm³/mol. The molecule has 0 spiro atoms. The molecule has 1 amide bonds. The van der Waals surface area contributed by atoms with Crippen molar-refractivity contribution >= 4 is 5.91 Å². The Labute approximate surface area is 178 Å². The van der Waals surface area contributed by atoms with Crippen molar-refractivity contribution in [1.82, 2.24) is 9.80 Å². The zero-order valence-electron chi connectivity index (χ0n) is 19.4. The van der Waals surface area contributed by atoms with Gasteiger partial charge in [-0.05, 0) is 77.0 Å². The summed E-state index contributed by atoms with van der Waals surface area (Å²) in [6, 6.07) is 1.27. The first-order valence-electron chi connectivity index (χ1n) is 12.0. The van der Waals surface area contributed by atoms with E-state index in [0.29, 0.717) is 24.0 Å². The van der Waals surface area contributed by atoms with Crippen molar-refractivity contribution in [2.24, 2.45) is 23.7 Å². The second-order valence-corrected chi connectivity index (χ2v) is 10.3. The Bertz CT molecular complexity index is 520. The fraction of sp³-hybridized carbons (Fsp3) is 0.958. The zero-order valence-corrected chi connectivity index (χ0v) is 19.4. The van der Waals surface area contributed by atoms with Gasteiger partial charge in [0.1, 0.15) is 0 Å². The molecule has 0 saturated carbocycles. The maximum Gasteiger partial charge on any atom is 0.226 e. The smallest absolute Gasteiger partial charge is 0.226 e. The van der Waals surface area contributed by atoms with Crippen molar-refractivity contribution in [2.75, 3.05) is 40.0 Å². The largest absolute Gasteiger partial charge is 0.383 e. The molecule has 3 fully saturated rings. The molecule has 5 heteroatoms. The van der Waals surface area contributed by atoms with Crippen molar-refractivity contribution in [3.8, 4) is 0 Å². The summed E-state index contributed by atoms with van der Waals surface area (Å²) >= 11 is 0. The number of rotatable bonds is 9. The second kappa shape index (κ2) is 10.6. The summed E-state index contributed by atoms with van der Waals surface area (Å²) in [5.74, 6) is 2.93. The summed E-state index contributed by atoms with van der Waals surface area (Å²) in [4.78, 5) is 17.5. The molecule has 0 N–H and O–H groups in total. The summed E-state index contributed by atoms with van der Waals surface area (Å²) in [5, 5.41) is 0. The van der Waals surface area contributed by atoms with Gasteiger partial charge in [0.15, 0.2) is 0 Å². The van der Waals surface area contributed by atoms with Gasteiger partial charge in [0.2, 0.25) is 5.91 Å². The maximum absolute atomic E-state index is 12.8. The van der Waals surface area contributed by atoms with Gasteiger partial charge in [0.05, 0.1) is 6.61 Å². The normalized spacial score (nSPS) is 31.7. The second-order valence-electron chi connectivity index (χ2n) is 10.3. The minimum Gasteiger partial charge on any atom is -0.383 e. The molecule has 0 aromatic rings. The highest BCUT2D eigenvalue weighted by molar-refractivity contribution is 5.81. The molecular formula is C24H44N2O3. The van der Waals surface area contributed by atoms with E-state index < -0.39 is 0 Å². The van der Waals surface area contributed by atoms with Gasteiger partial charge in [-0.15, -0.1) is 0 Å². The van der Waals surface area contributed by atoms with E-state index in [1.54, 1.807) is 0 Å². The first-order valence-corrected chi connectivity index (χ1v) is 12.0. The molecule has 5 nitrogen and oxygen atoms in total. The third-order valence-electron chi connectivity index (χ3n) is 7.84. The first-order chi connectivity index (χ1) is 13.9. The molecular weight excluding hydrogens is 364 g/mol. The lowest BCUT2D eigenvalue weighted by molar-refractivity contribution is -0.132. The van der Waals surface area contributed by atoms with Crippen LogP contribution in [0, 0.1) is 23.7 Å². The van der Waals surface area contributed by atoms with E-state index in [-0.39, 0.29) is 5.92 Å². The molecule has 3 aliphatic heterocycles. The molecule has 0 radical (unpaired) electrons. The molecule has 0 aromatic carbocycles. The third-order valence-corrected chi connectivity index (χ3v) is 7.84. The number of carbonyl (C=O) groups excluding carboxylic acids is 1. The Hall–Kier alpha value is -0.650. The number of methoxy groups -OCH3 is 1. The number of likely N-dealkylation sites (tertiary alicyclic amines) is 2. The van der Waals surface area contributed by atoms with Gasteiger partial charge >= 0.3 is 0 Å². The summed E-state index contributed by atoms with van der Waals surface area (Å²) in [6.45, 7) is 13.8. The SMILES string of the molecule is COCC1CC(CC(C)C2CCOCC2)CN1C(C)CC1CCN(C(C)C)C1=O. The Morgan fingerprint density at radius 1 is 1.10 bits per heavy atom. The summed E-state index contributed by atoms with van der Waals surface area (Å²) in [5.41, 5.74) is 0. The minimum absolute atomic E-state index is 0.204. The highest BCUT2D eigenvalue weighted by Crippen LogP contribution is 2.36. The standard InChI is InChI=1S/C24H44N2O3/c1-17(2)25-9-6-22(24(25)27)13-19(4)26-15-20(14-23(26)16-28-5)12-18(3)21-7-10-29-11-8-21/h17-23H,6-16H2,1-5H3. The molecule has 5 unspecified atom stereocenters. The van der Waals surface area contributed by atoms with Crippen molar-refractivity contribution in [1.29, 1.82) is 0 Å². The molecule has 3 heterocycles. The van der Waals surface area contributed by atoms with Crippen LogP contribution in [-0.2, 0) is 14.3 Å². The number of nitrogens with zero attached hydrogens (tertiary/aromatic N) is 2. The third kappa shape index (κ3) is 5.74. The van der Waals surface area contributed by atoms with Gasteiger partial charge in [0.25, 0.3) is 0 Å². The number of hydrogen-bond acceptors (Lipinski definition) is 4. The molecule has 168 valence electrons. The van der Waals surface area contributed by atoms with Crippen LogP contribution in [0.5, 0.6) is 0 Å². The van der Waals surface area contributed by atoms with Crippen LogP contribution in [0.15, 0.2) is 0 Å². The van der Waals surface area contributed by atoms with E-state index in [1.165, 1.54) is 25.7 Å². The Morgan fingerprint density at radius 3 is 2.45 bits per heavy atom. The van der Waals surface area contributed by atoms with Crippen molar-refractivity contribution in [3.63, 3.8) is 0 Å². The number of hydrogen-bond donors (Lipinski definition) is 0. The van der Waals surface area contributed by atoms with Crippen LogP contribution in [0.4, 0.5) is 0 Å². The lowest BCUT2D eigenvalue weighted by atomic mass is 9.81. The topological polar surface area (TPSA) is 42.0 Å². The maximum atomic E-state index is 12.8. The molecule has 0 bridgehead atoms. The van der Waals surface area contributed by atoms with Crippen molar-refractivity contribution < 1.29 is 14.3 Å². The van der Waals surface area contributed by atoms with Gasteiger partial charge in [-0.25, -0.2) is 0 Å². The average molecular weight is 409 g/mol. The van der Waals surface area contributed by atoms with Gasteiger partial charge in [-0.1, -0.05) is 6.92 Å². The van der Waals surface area contributed by atoms with Crippen LogP contribution in [0.3, 0.4) is 0 Å². The Kier molecular flexibility index (Phi) is 8.41. The lowest BCUT2D eigenvalue weighted by Gasteiger charge is -2.32. The van der Waals surface area contributed by atoms with E-state index in [0.717, 1.165) is 63.5 Å². The van der Waals surface area contributed by atoms with Crippen LogP contribution < -0.4 is 0 Å². The van der Waals surface area contributed by atoms with Crippen LogP contribution in [-0.4, -0.2) is 73.9 Å². The molecule has 29 heavy (non-hydrogen) atoms. The Morgan fingerprint density at radius 2 is 1.83 bits per heavy atom. The Balaban J connectivity index is 1.54. The molecule has 3 rings (SSSR count). The average Bonchev–Trinajstić information content (AvgIpc) is 3.26. The summed E-state index contributed by atoms with van der Waals surface area (Å²) < 4.78 is 11.1. The monoisotopic (exact) mass is 408 g/mol. The number of ether oxygens (including phenoxy) is 2. The number of carbonyl (C=O) groups is 1. The predicted octanol–water partition coefficient (Wildman–Crippen LogP) is 3.81. The molecule has 3 saturated heterocycles. The van der Waals surface area contributed by atoms with E-state index in [2.05, 4.69) is 37.5 Å². The molecule has 0 aromatic heterocycles. The first kappa shape index (κ1) is 23.0. The fourth-order valence-electron chi connectivity index (χ4n) is 6.15. The number of amides is 1. The zero-order chi connectivity index (χ0) is 21.0. The lowest BCUT2D eigenvalue weighted by Crippen LogP contribution is -2.42. The van der Waals surface area contributed by atoms with Crippen LogP contribution >= 0.6 is 0 Å². The quantitative estimate of drug-likeness (QED) is 0.582. The van der Waals surface area contributed by atoms with E-state index in [4.69, 9.17) is 9.47 Å². The van der Waals surface area contributed by atoms with Gasteiger partial charge in [-0.3, -0.25) is 9.69 Å². The highest BCUT2D eigenvalue weighted by atomic mass is 16.5. The van der Waals surface area contributed by atoms with Crippen LogP contribution in [0.2, 0.25) is 0 Å². The van der Waals surface area contributed by atoms with Crippen LogP contribution in [0.1, 0.15) is 66.2 Å². The van der Waals surface area contributed by atoms with Crippen molar-refractivity contribution in [3.05, 3.63) is 0 Å². The van der Waals surface area contributed by atoms with E-state index in [1.807, 2.05) is 7.11 Å². The fourth-order valence-corrected chi connectivity index (χ4v) is 6.15. The van der Waals surface area contributed by atoms with Gasteiger partial charge in [-0.2, -0.15) is 0 Å². The van der Waals surface area contributed by atoms with Gasteiger partial charge in [0, 0.05) is 57.5 Å². The minimum atomic E-state index is 0.204. The molecule has 0 aliphatic carbocycles. The van der Waals surface area contributed by atoms with E-state index in [9.17, 15) is 4.79 Å². The van der Waals surface area contributed by atoms with Crippen LogP contribution in [0.25, 0.3) is 0 Å². The van der Waals surface area contributed by atoms with Gasteiger partial charge < -0.3 is 14.4 Å². The molecule has 5 atom stereocenters. The molecule has 3 aliphatic rings. The van der Waals surface area contributed by atoms with E-state index >= 15 is 0 Å². The summed E-state index contributed by atoms with van der Waals surface area (Å²) in [6.07, 6.45) is 7.02. The highest BCUT2D eigenvalue weighted by Gasteiger charge is 2.39. The van der Waals surface area contributed by atoms with Crippen molar-refractivity contribution in [2.45, 2.75) is 84.3 Å². The summed E-state index contributed by atoms with van der Waals surface area (Å²) in [7, 11) is 1.82.